The highest BCUT2D eigenvalue weighted by Gasteiger charge is 2.28. The van der Waals surface area contributed by atoms with Crippen molar-refractivity contribution in [3.63, 3.8) is 0 Å². The van der Waals surface area contributed by atoms with Gasteiger partial charge in [0.1, 0.15) is 0 Å². The quantitative estimate of drug-likeness (QED) is 0.514. The van der Waals surface area contributed by atoms with E-state index < -0.39 is 0 Å². The van der Waals surface area contributed by atoms with Crippen molar-refractivity contribution in [1.29, 1.82) is 0 Å². The third-order valence-corrected chi connectivity index (χ3v) is 3.20. The normalized spacial score (nSPS) is 41.7. The lowest BCUT2D eigenvalue weighted by molar-refractivity contribution is 0.212. The largest absolute Gasteiger partial charge is 0.309 e. The average Bonchev–Trinajstić information content (AvgIpc) is 1.85. The molecule has 10 heavy (non-hydrogen) atoms. The van der Waals surface area contributed by atoms with Crippen LogP contribution in [0.1, 0.15) is 19.3 Å². The Morgan fingerprint density at radius 2 is 1.80 bits per heavy atom. The molecule has 2 heterocycles. The van der Waals surface area contributed by atoms with Gasteiger partial charge in [0, 0.05) is 48.0 Å². The predicted molar refractivity (Wildman–Crippen MR) is 50.2 cm³/mol. The first-order valence-corrected chi connectivity index (χ1v) is 4.98. The summed E-state index contributed by atoms with van der Waals surface area (Å²) in [5, 5.41) is 3.64. The molecular formula is C7H13IN2. The minimum absolute atomic E-state index is 0.796. The van der Waals surface area contributed by atoms with Gasteiger partial charge >= 0.3 is 0 Å². The van der Waals surface area contributed by atoms with E-state index in [1.807, 2.05) is 0 Å². The maximum absolute atomic E-state index is 3.64. The van der Waals surface area contributed by atoms with Gasteiger partial charge in [-0.05, 0) is 12.8 Å². The Labute approximate surface area is 75.8 Å². The first-order chi connectivity index (χ1) is 4.84. The number of piperazine rings is 1. The number of hydrogen-bond donors (Lipinski definition) is 1. The van der Waals surface area contributed by atoms with E-state index in [0.717, 1.165) is 12.1 Å². The number of hydrogen-bond acceptors (Lipinski definition) is 2. The standard InChI is InChI=1S/C7H13IN2/c8-10-4-6-2-1-3-7(5-10)9-6/h6-7,9H,1-5H2. The Bertz CT molecular complexity index is 113. The SMILES string of the molecule is IN1CC2CCCC(C1)N2. The zero-order valence-corrected chi connectivity index (χ0v) is 8.17. The maximum atomic E-state index is 3.64. The van der Waals surface area contributed by atoms with Gasteiger partial charge in [0.2, 0.25) is 0 Å². The van der Waals surface area contributed by atoms with Crippen molar-refractivity contribution in [1.82, 2.24) is 8.43 Å². The van der Waals surface area contributed by atoms with Gasteiger partial charge in [-0.1, -0.05) is 6.42 Å². The van der Waals surface area contributed by atoms with E-state index in [9.17, 15) is 0 Å². The van der Waals surface area contributed by atoms with E-state index in [-0.39, 0.29) is 0 Å². The van der Waals surface area contributed by atoms with Crippen LogP contribution in [0.15, 0.2) is 0 Å². The molecule has 2 aliphatic rings. The molecule has 0 aliphatic carbocycles. The van der Waals surface area contributed by atoms with Crippen LogP contribution >= 0.6 is 22.9 Å². The highest BCUT2D eigenvalue weighted by molar-refractivity contribution is 14.1. The fourth-order valence-corrected chi connectivity index (χ4v) is 2.90. The number of piperidine rings is 1. The second-order valence-electron chi connectivity index (χ2n) is 3.32. The van der Waals surface area contributed by atoms with Crippen molar-refractivity contribution < 1.29 is 0 Å². The molecule has 0 aromatic rings. The fraction of sp³-hybridized carbons (Fsp3) is 1.00. The fourth-order valence-electron chi connectivity index (χ4n) is 1.95. The minimum Gasteiger partial charge on any atom is -0.309 e. The Balaban J connectivity index is 1.98. The van der Waals surface area contributed by atoms with Crippen molar-refractivity contribution in [2.24, 2.45) is 0 Å². The van der Waals surface area contributed by atoms with Gasteiger partial charge in [-0.3, -0.25) is 0 Å². The molecule has 2 aliphatic heterocycles. The van der Waals surface area contributed by atoms with E-state index in [0.29, 0.717) is 0 Å². The highest BCUT2D eigenvalue weighted by atomic mass is 127. The molecule has 2 rings (SSSR count). The molecule has 2 nitrogen and oxygen atoms in total. The minimum atomic E-state index is 0.796. The Morgan fingerprint density at radius 3 is 2.40 bits per heavy atom. The molecule has 3 heteroatoms. The molecule has 2 bridgehead atoms. The Kier molecular flexibility index (Phi) is 2.15. The van der Waals surface area contributed by atoms with E-state index in [1.165, 1.54) is 32.4 Å². The van der Waals surface area contributed by atoms with E-state index in [1.54, 1.807) is 0 Å². The molecule has 0 amide bonds. The lowest BCUT2D eigenvalue weighted by Gasteiger charge is -2.39. The summed E-state index contributed by atoms with van der Waals surface area (Å²) in [6.45, 7) is 2.49. The summed E-state index contributed by atoms with van der Waals surface area (Å²) in [5.41, 5.74) is 0. The number of fused-ring (bicyclic) bond motifs is 2. The van der Waals surface area contributed by atoms with Crippen LogP contribution in [-0.4, -0.2) is 28.3 Å². The van der Waals surface area contributed by atoms with Crippen molar-refractivity contribution in [3.8, 4) is 0 Å². The second kappa shape index (κ2) is 2.95. The van der Waals surface area contributed by atoms with Gasteiger partial charge in [-0.2, -0.15) is 0 Å². The van der Waals surface area contributed by atoms with Crippen LogP contribution in [0.2, 0.25) is 0 Å². The van der Waals surface area contributed by atoms with Crippen LogP contribution < -0.4 is 5.32 Å². The number of nitrogens with zero attached hydrogens (tertiary/aromatic N) is 1. The molecule has 1 N–H and O–H groups in total. The topological polar surface area (TPSA) is 15.3 Å². The van der Waals surface area contributed by atoms with Crippen molar-refractivity contribution in [3.05, 3.63) is 0 Å². The lowest BCUT2D eigenvalue weighted by Crippen LogP contribution is -2.55. The number of rotatable bonds is 0. The Morgan fingerprint density at radius 1 is 1.20 bits per heavy atom. The monoisotopic (exact) mass is 252 g/mol. The summed E-state index contributed by atoms with van der Waals surface area (Å²) in [5.74, 6) is 0. The van der Waals surface area contributed by atoms with Gasteiger partial charge in [0.05, 0.1) is 0 Å². The first kappa shape index (κ1) is 7.31. The molecule has 0 aromatic heterocycles. The van der Waals surface area contributed by atoms with Crippen LogP contribution in [-0.2, 0) is 0 Å². The molecule has 2 fully saturated rings. The summed E-state index contributed by atoms with van der Waals surface area (Å²) in [7, 11) is 0. The maximum Gasteiger partial charge on any atom is 0.0236 e. The molecule has 2 saturated heterocycles. The molecular weight excluding hydrogens is 239 g/mol. The average molecular weight is 252 g/mol. The van der Waals surface area contributed by atoms with Crippen LogP contribution in [0.4, 0.5) is 0 Å². The van der Waals surface area contributed by atoms with Crippen LogP contribution in [0, 0.1) is 0 Å². The lowest BCUT2D eigenvalue weighted by atomic mass is 9.96. The molecule has 2 atom stereocenters. The third-order valence-electron chi connectivity index (χ3n) is 2.41. The van der Waals surface area contributed by atoms with Crippen molar-refractivity contribution >= 4 is 22.9 Å². The third kappa shape index (κ3) is 1.46. The second-order valence-corrected chi connectivity index (χ2v) is 4.68. The van der Waals surface area contributed by atoms with Crippen LogP contribution in [0.5, 0.6) is 0 Å². The van der Waals surface area contributed by atoms with Gasteiger partial charge in [0.25, 0.3) is 0 Å². The molecule has 0 aromatic carbocycles. The van der Waals surface area contributed by atoms with Crippen LogP contribution in [0.25, 0.3) is 0 Å². The van der Waals surface area contributed by atoms with Gasteiger partial charge < -0.3 is 5.32 Å². The summed E-state index contributed by atoms with van der Waals surface area (Å²) >= 11 is 2.44. The van der Waals surface area contributed by atoms with E-state index in [4.69, 9.17) is 0 Å². The molecule has 0 radical (unpaired) electrons. The van der Waals surface area contributed by atoms with Gasteiger partial charge in [0.15, 0.2) is 0 Å². The number of nitrogens with one attached hydrogen (secondary N) is 1. The van der Waals surface area contributed by atoms with Crippen LogP contribution in [0.3, 0.4) is 0 Å². The van der Waals surface area contributed by atoms with Crippen molar-refractivity contribution in [2.45, 2.75) is 31.3 Å². The summed E-state index contributed by atoms with van der Waals surface area (Å²) in [6, 6.07) is 1.59. The molecule has 2 unspecified atom stereocenters. The summed E-state index contributed by atoms with van der Waals surface area (Å²) in [4.78, 5) is 0. The molecule has 0 saturated carbocycles. The molecule has 0 spiro atoms. The van der Waals surface area contributed by atoms with Gasteiger partial charge in [-0.25, -0.2) is 3.11 Å². The Hall–Kier alpha value is 0.650. The predicted octanol–water partition coefficient (Wildman–Crippen LogP) is 1.16. The molecule has 58 valence electrons. The van der Waals surface area contributed by atoms with Gasteiger partial charge in [-0.15, -0.1) is 0 Å². The summed E-state index contributed by atoms with van der Waals surface area (Å²) in [6.07, 6.45) is 4.21. The van der Waals surface area contributed by atoms with E-state index >= 15 is 0 Å². The smallest absolute Gasteiger partial charge is 0.0236 e. The first-order valence-electron chi connectivity index (χ1n) is 4.01. The number of halogens is 1. The zero-order chi connectivity index (χ0) is 6.97. The summed E-state index contributed by atoms with van der Waals surface area (Å²) < 4.78 is 2.42. The van der Waals surface area contributed by atoms with E-state index in [2.05, 4.69) is 31.3 Å². The highest BCUT2D eigenvalue weighted by Crippen LogP contribution is 2.21. The van der Waals surface area contributed by atoms with Crippen molar-refractivity contribution in [2.75, 3.05) is 13.1 Å². The zero-order valence-electron chi connectivity index (χ0n) is 6.02.